The van der Waals surface area contributed by atoms with Gasteiger partial charge in [-0.3, -0.25) is 0 Å². The molecule has 2 rings (SSSR count). The fourth-order valence-electron chi connectivity index (χ4n) is 2.00. The lowest BCUT2D eigenvalue weighted by Crippen LogP contribution is -2.13. The molecule has 0 aliphatic carbocycles. The molecule has 3 nitrogen and oxygen atoms in total. The third kappa shape index (κ3) is 5.48. The van der Waals surface area contributed by atoms with Crippen LogP contribution in [0, 0.1) is 0 Å². The molecule has 0 heterocycles. The molecule has 21 heavy (non-hydrogen) atoms. The molecule has 0 spiro atoms. The molecule has 112 valence electrons. The fourth-order valence-corrected chi connectivity index (χ4v) is 2.00. The van der Waals surface area contributed by atoms with Crippen molar-refractivity contribution in [3.63, 3.8) is 0 Å². The smallest absolute Gasteiger partial charge is 0.123 e. The third-order valence-electron chi connectivity index (χ3n) is 3.10. The summed E-state index contributed by atoms with van der Waals surface area (Å²) in [6.45, 7) is 5.23. The predicted molar refractivity (Wildman–Crippen MR) is 85.9 cm³/mol. The molecule has 0 amide bonds. The maximum Gasteiger partial charge on any atom is 0.123 e. The van der Waals surface area contributed by atoms with Crippen LogP contribution < -0.4 is 14.8 Å². The Bertz CT molecular complexity index is 514. The third-order valence-corrected chi connectivity index (χ3v) is 3.10. The van der Waals surface area contributed by atoms with E-state index in [9.17, 15) is 0 Å². The molecule has 2 aromatic carbocycles. The second-order valence-electron chi connectivity index (χ2n) is 4.75. The monoisotopic (exact) mass is 285 g/mol. The number of nitrogens with one attached hydrogen (secondary N) is 1. The maximum absolute atomic E-state index is 5.85. The molecule has 2 aromatic rings. The molecule has 0 fully saturated rings. The highest BCUT2D eigenvalue weighted by Gasteiger charge is 2.02. The van der Waals surface area contributed by atoms with E-state index in [-0.39, 0.29) is 0 Å². The molecular weight excluding hydrogens is 262 g/mol. The molecule has 3 heteroatoms. The summed E-state index contributed by atoms with van der Waals surface area (Å²) in [5.74, 6) is 1.86. The number of rotatable bonds is 9. The minimum absolute atomic E-state index is 0.663. The zero-order chi connectivity index (χ0) is 14.8. The van der Waals surface area contributed by atoms with E-state index in [1.807, 2.05) is 48.5 Å². The Morgan fingerprint density at radius 3 is 2.38 bits per heavy atom. The van der Waals surface area contributed by atoms with E-state index >= 15 is 0 Å². The second-order valence-corrected chi connectivity index (χ2v) is 4.75. The van der Waals surface area contributed by atoms with Crippen LogP contribution >= 0.6 is 0 Å². The average molecular weight is 285 g/mol. The number of para-hydroxylation sites is 2. The van der Waals surface area contributed by atoms with Gasteiger partial charge in [0.05, 0.1) is 13.2 Å². The minimum atomic E-state index is 0.663. The average Bonchev–Trinajstić information content (AvgIpc) is 2.54. The topological polar surface area (TPSA) is 30.5 Å². The van der Waals surface area contributed by atoms with Crippen molar-refractivity contribution >= 4 is 0 Å². The first-order chi connectivity index (χ1) is 10.4. The van der Waals surface area contributed by atoms with Gasteiger partial charge in [-0.2, -0.15) is 0 Å². The molecule has 0 aliphatic rings. The molecule has 0 bridgehead atoms. The lowest BCUT2D eigenvalue weighted by atomic mass is 10.2. The Morgan fingerprint density at radius 1 is 0.857 bits per heavy atom. The van der Waals surface area contributed by atoms with Crippen LogP contribution in [0.2, 0.25) is 0 Å². The van der Waals surface area contributed by atoms with Gasteiger partial charge >= 0.3 is 0 Å². The van der Waals surface area contributed by atoms with Gasteiger partial charge in [0.2, 0.25) is 0 Å². The summed E-state index contributed by atoms with van der Waals surface area (Å²) in [6.07, 6.45) is 0.866. The van der Waals surface area contributed by atoms with Gasteiger partial charge in [-0.15, -0.1) is 0 Å². The molecule has 0 radical (unpaired) electrons. The standard InChI is InChI=1S/C18H23NO2/c1-2-19-15-16-9-6-7-12-18(16)21-14-8-13-20-17-10-4-3-5-11-17/h3-7,9-12,19H,2,8,13-15H2,1H3. The first kappa shape index (κ1) is 15.4. The Morgan fingerprint density at radius 2 is 1.57 bits per heavy atom. The number of hydrogen-bond donors (Lipinski definition) is 1. The van der Waals surface area contributed by atoms with Crippen LogP contribution in [-0.2, 0) is 6.54 Å². The van der Waals surface area contributed by atoms with Crippen molar-refractivity contribution in [3.05, 3.63) is 60.2 Å². The molecule has 0 saturated carbocycles. The molecule has 0 atom stereocenters. The van der Waals surface area contributed by atoms with Crippen LogP contribution in [0.5, 0.6) is 11.5 Å². The van der Waals surface area contributed by atoms with Gasteiger partial charge in [0, 0.05) is 18.5 Å². The highest BCUT2D eigenvalue weighted by atomic mass is 16.5. The summed E-state index contributed by atoms with van der Waals surface area (Å²) in [5, 5.41) is 3.32. The first-order valence-electron chi connectivity index (χ1n) is 7.49. The maximum atomic E-state index is 5.85. The van der Waals surface area contributed by atoms with Crippen molar-refractivity contribution in [2.45, 2.75) is 19.9 Å². The Kier molecular flexibility index (Phi) is 6.62. The Labute approximate surface area is 126 Å². The fraction of sp³-hybridized carbons (Fsp3) is 0.333. The van der Waals surface area contributed by atoms with Gasteiger partial charge in [0.25, 0.3) is 0 Å². The van der Waals surface area contributed by atoms with Gasteiger partial charge in [0.15, 0.2) is 0 Å². The van der Waals surface area contributed by atoms with Crippen molar-refractivity contribution in [1.29, 1.82) is 0 Å². The van der Waals surface area contributed by atoms with E-state index < -0.39 is 0 Å². The highest BCUT2D eigenvalue weighted by Crippen LogP contribution is 2.18. The molecular formula is C18H23NO2. The van der Waals surface area contributed by atoms with E-state index in [2.05, 4.69) is 18.3 Å². The number of hydrogen-bond acceptors (Lipinski definition) is 3. The zero-order valence-corrected chi connectivity index (χ0v) is 12.5. The Balaban J connectivity index is 1.71. The normalized spacial score (nSPS) is 10.3. The zero-order valence-electron chi connectivity index (χ0n) is 12.5. The molecule has 0 aliphatic heterocycles. The summed E-state index contributed by atoms with van der Waals surface area (Å²) in [5.41, 5.74) is 1.20. The van der Waals surface area contributed by atoms with Crippen molar-refractivity contribution < 1.29 is 9.47 Å². The summed E-state index contributed by atoms with van der Waals surface area (Å²) < 4.78 is 11.5. The van der Waals surface area contributed by atoms with Crippen molar-refractivity contribution in [3.8, 4) is 11.5 Å². The van der Waals surface area contributed by atoms with Crippen LogP contribution in [0.4, 0.5) is 0 Å². The van der Waals surface area contributed by atoms with Crippen LogP contribution in [-0.4, -0.2) is 19.8 Å². The summed E-state index contributed by atoms with van der Waals surface area (Å²) in [6, 6.07) is 18.0. The van der Waals surface area contributed by atoms with Crippen LogP contribution in [0.3, 0.4) is 0 Å². The first-order valence-corrected chi connectivity index (χ1v) is 7.49. The van der Waals surface area contributed by atoms with Gasteiger partial charge in [-0.25, -0.2) is 0 Å². The molecule has 1 N–H and O–H groups in total. The minimum Gasteiger partial charge on any atom is -0.493 e. The van der Waals surface area contributed by atoms with Gasteiger partial charge in [-0.1, -0.05) is 43.3 Å². The van der Waals surface area contributed by atoms with E-state index in [1.165, 1.54) is 5.56 Å². The summed E-state index contributed by atoms with van der Waals surface area (Å²) in [4.78, 5) is 0. The molecule has 0 unspecified atom stereocenters. The van der Waals surface area contributed by atoms with Crippen LogP contribution in [0.15, 0.2) is 54.6 Å². The second kappa shape index (κ2) is 9.03. The van der Waals surface area contributed by atoms with Crippen molar-refractivity contribution in [2.24, 2.45) is 0 Å². The quantitative estimate of drug-likeness (QED) is 0.713. The van der Waals surface area contributed by atoms with Crippen LogP contribution in [0.25, 0.3) is 0 Å². The lowest BCUT2D eigenvalue weighted by Gasteiger charge is -2.12. The van der Waals surface area contributed by atoms with Gasteiger partial charge < -0.3 is 14.8 Å². The SMILES string of the molecule is CCNCc1ccccc1OCCCOc1ccccc1. The van der Waals surface area contributed by atoms with E-state index in [0.29, 0.717) is 13.2 Å². The van der Waals surface area contributed by atoms with E-state index in [0.717, 1.165) is 31.0 Å². The Hall–Kier alpha value is -2.00. The van der Waals surface area contributed by atoms with Crippen molar-refractivity contribution in [1.82, 2.24) is 5.32 Å². The highest BCUT2D eigenvalue weighted by molar-refractivity contribution is 5.33. The van der Waals surface area contributed by atoms with Gasteiger partial charge in [-0.05, 0) is 24.7 Å². The molecule has 0 saturated heterocycles. The van der Waals surface area contributed by atoms with Crippen molar-refractivity contribution in [2.75, 3.05) is 19.8 Å². The summed E-state index contributed by atoms with van der Waals surface area (Å²) >= 11 is 0. The summed E-state index contributed by atoms with van der Waals surface area (Å²) in [7, 11) is 0. The number of benzene rings is 2. The van der Waals surface area contributed by atoms with E-state index in [1.54, 1.807) is 0 Å². The number of ether oxygens (including phenoxy) is 2. The van der Waals surface area contributed by atoms with E-state index in [4.69, 9.17) is 9.47 Å². The predicted octanol–water partition coefficient (Wildman–Crippen LogP) is 3.64. The van der Waals surface area contributed by atoms with Gasteiger partial charge in [0.1, 0.15) is 11.5 Å². The molecule has 0 aromatic heterocycles. The largest absolute Gasteiger partial charge is 0.493 e. The lowest BCUT2D eigenvalue weighted by molar-refractivity contribution is 0.246. The van der Waals surface area contributed by atoms with Crippen LogP contribution in [0.1, 0.15) is 18.9 Å².